The Balaban J connectivity index is 0.000000479. The zero-order valence-electron chi connectivity index (χ0n) is 17.6. The Kier molecular flexibility index (Phi) is 8.14. The van der Waals surface area contributed by atoms with Gasteiger partial charge in [0, 0.05) is 13.6 Å². The van der Waals surface area contributed by atoms with Gasteiger partial charge in [-0.05, 0) is 36.6 Å². The molecule has 0 saturated carbocycles. The third-order valence-electron chi connectivity index (χ3n) is 4.79. The van der Waals surface area contributed by atoms with Crippen LogP contribution in [0, 0.1) is 11.7 Å². The summed E-state index contributed by atoms with van der Waals surface area (Å²) in [5.74, 6) is -3.61. The van der Waals surface area contributed by atoms with Crippen molar-refractivity contribution in [2.75, 3.05) is 6.54 Å². The van der Waals surface area contributed by atoms with E-state index in [4.69, 9.17) is 9.90 Å². The first-order valence-electron chi connectivity index (χ1n) is 9.67. The van der Waals surface area contributed by atoms with Gasteiger partial charge in [-0.1, -0.05) is 19.1 Å². The van der Waals surface area contributed by atoms with Gasteiger partial charge in [0.15, 0.2) is 5.69 Å². The highest BCUT2D eigenvalue weighted by molar-refractivity contribution is 5.94. The fraction of sp³-hybridized carbons (Fsp3) is 0.400. The average molecular weight is 474 g/mol. The molecule has 1 aromatic carbocycles. The summed E-state index contributed by atoms with van der Waals surface area (Å²) in [6.45, 7) is 3.01. The first kappa shape index (κ1) is 25.8. The first-order chi connectivity index (χ1) is 15.3. The van der Waals surface area contributed by atoms with Crippen LogP contribution in [-0.2, 0) is 18.4 Å². The maximum absolute atomic E-state index is 12.9. The maximum Gasteiger partial charge on any atom is 0.490 e. The van der Waals surface area contributed by atoms with Crippen LogP contribution in [0.5, 0.6) is 5.75 Å². The van der Waals surface area contributed by atoms with Crippen molar-refractivity contribution < 1.29 is 37.4 Å². The van der Waals surface area contributed by atoms with E-state index in [0.717, 1.165) is 13.0 Å². The lowest BCUT2D eigenvalue weighted by atomic mass is 10.1. The Morgan fingerprint density at radius 1 is 1.27 bits per heavy atom. The molecule has 9 nitrogen and oxygen atoms in total. The number of benzene rings is 1. The molecule has 2 heterocycles. The van der Waals surface area contributed by atoms with Crippen molar-refractivity contribution in [2.45, 2.75) is 32.1 Å². The van der Waals surface area contributed by atoms with E-state index in [2.05, 4.69) is 22.5 Å². The van der Waals surface area contributed by atoms with E-state index in [0.29, 0.717) is 17.3 Å². The van der Waals surface area contributed by atoms with Crippen LogP contribution in [0.4, 0.5) is 17.6 Å². The highest BCUT2D eigenvalue weighted by atomic mass is 19.4. The summed E-state index contributed by atoms with van der Waals surface area (Å²) in [5, 5.41) is 23.1. The number of carboxylic acid groups (broad SMARTS) is 1. The van der Waals surface area contributed by atoms with Crippen molar-refractivity contribution >= 4 is 11.9 Å². The van der Waals surface area contributed by atoms with Crippen LogP contribution in [-0.4, -0.2) is 44.4 Å². The summed E-state index contributed by atoms with van der Waals surface area (Å²) in [7, 11) is 1.52. The Hall–Kier alpha value is -3.48. The number of aromatic hydroxyl groups is 1. The van der Waals surface area contributed by atoms with Gasteiger partial charge in [0.05, 0.1) is 6.04 Å². The van der Waals surface area contributed by atoms with Crippen molar-refractivity contribution in [1.29, 1.82) is 0 Å². The van der Waals surface area contributed by atoms with E-state index >= 15 is 0 Å². The lowest BCUT2D eigenvalue weighted by molar-refractivity contribution is -0.192. The monoisotopic (exact) mass is 474 g/mol. The standard InChI is InChI=1S/C18H21FN4O3.C2HF3O2/c1-10-7-13(20-8-10)16-22-14(15(24)18(26)23(16)2)17(25)21-9-11-3-5-12(19)6-4-11;3-2(4,5)1(6)7/h3-6,10,13,20,24H,7-9H2,1-2H3,(H,21,25);(H,6,7)/t10-,13-;/m0./s1. The van der Waals surface area contributed by atoms with Crippen molar-refractivity contribution in [2.24, 2.45) is 13.0 Å². The molecule has 2 aromatic rings. The number of rotatable bonds is 4. The summed E-state index contributed by atoms with van der Waals surface area (Å²) in [6.07, 6.45) is -4.29. The molecule has 0 spiro atoms. The molecule has 33 heavy (non-hydrogen) atoms. The fourth-order valence-electron chi connectivity index (χ4n) is 3.05. The molecular formula is C20H22F4N4O5. The molecule has 1 fully saturated rings. The van der Waals surface area contributed by atoms with Gasteiger partial charge in [-0.3, -0.25) is 14.2 Å². The number of nitrogens with one attached hydrogen (secondary N) is 2. The smallest absolute Gasteiger partial charge is 0.490 e. The quantitative estimate of drug-likeness (QED) is 0.497. The molecule has 0 unspecified atom stereocenters. The van der Waals surface area contributed by atoms with Crippen LogP contribution in [0.2, 0.25) is 0 Å². The SMILES string of the molecule is C[C@@H]1CN[C@H](c2nc(C(=O)NCc3ccc(F)cc3)c(O)c(=O)n2C)C1.O=C(O)C(F)(F)F. The molecule has 0 aliphatic carbocycles. The van der Waals surface area contributed by atoms with Gasteiger partial charge in [-0.25, -0.2) is 14.2 Å². The number of nitrogens with zero attached hydrogens (tertiary/aromatic N) is 2. The van der Waals surface area contributed by atoms with Crippen molar-refractivity contribution in [3.8, 4) is 5.75 Å². The number of carbonyl (C=O) groups is 2. The minimum atomic E-state index is -5.08. The number of carbonyl (C=O) groups excluding carboxylic acids is 1. The van der Waals surface area contributed by atoms with Gasteiger partial charge in [0.1, 0.15) is 11.6 Å². The van der Waals surface area contributed by atoms with E-state index in [-0.39, 0.29) is 24.1 Å². The summed E-state index contributed by atoms with van der Waals surface area (Å²) in [5.41, 5.74) is -0.274. The number of aromatic nitrogens is 2. The van der Waals surface area contributed by atoms with Gasteiger partial charge in [0.2, 0.25) is 5.75 Å². The summed E-state index contributed by atoms with van der Waals surface area (Å²) in [4.78, 5) is 37.9. The Bertz CT molecular complexity index is 1070. The van der Waals surface area contributed by atoms with Crippen molar-refractivity contribution in [3.05, 3.63) is 57.5 Å². The Morgan fingerprint density at radius 3 is 2.33 bits per heavy atom. The lowest BCUT2D eigenvalue weighted by Crippen LogP contribution is -2.32. The van der Waals surface area contributed by atoms with Crippen LogP contribution >= 0.6 is 0 Å². The highest BCUT2D eigenvalue weighted by Crippen LogP contribution is 2.25. The summed E-state index contributed by atoms with van der Waals surface area (Å²) >= 11 is 0. The van der Waals surface area contributed by atoms with Crippen LogP contribution in [0.3, 0.4) is 0 Å². The highest BCUT2D eigenvalue weighted by Gasteiger charge is 2.38. The zero-order chi connectivity index (χ0) is 24.9. The first-order valence-corrected chi connectivity index (χ1v) is 9.67. The van der Waals surface area contributed by atoms with Crippen LogP contribution in [0.1, 0.15) is 41.3 Å². The number of hydrogen-bond acceptors (Lipinski definition) is 6. The molecule has 1 saturated heterocycles. The second-order valence-corrected chi connectivity index (χ2v) is 7.45. The van der Waals surface area contributed by atoms with Crippen LogP contribution in [0.15, 0.2) is 29.1 Å². The second-order valence-electron chi connectivity index (χ2n) is 7.45. The van der Waals surface area contributed by atoms with E-state index in [1.165, 1.54) is 23.7 Å². The predicted molar refractivity (Wildman–Crippen MR) is 107 cm³/mol. The van der Waals surface area contributed by atoms with E-state index < -0.39 is 29.4 Å². The molecule has 1 amide bonds. The molecule has 2 atom stereocenters. The molecule has 0 bridgehead atoms. The Morgan fingerprint density at radius 2 is 1.85 bits per heavy atom. The molecule has 3 rings (SSSR count). The average Bonchev–Trinajstić information content (AvgIpc) is 3.17. The fourth-order valence-corrected chi connectivity index (χ4v) is 3.05. The number of hydrogen-bond donors (Lipinski definition) is 4. The largest absolute Gasteiger partial charge is 0.501 e. The molecule has 4 N–H and O–H groups in total. The number of aliphatic carboxylic acids is 1. The topological polar surface area (TPSA) is 134 Å². The van der Waals surface area contributed by atoms with Gasteiger partial charge in [-0.15, -0.1) is 0 Å². The van der Waals surface area contributed by atoms with E-state index in [9.17, 15) is 32.3 Å². The lowest BCUT2D eigenvalue weighted by Gasteiger charge is -2.16. The third kappa shape index (κ3) is 6.75. The van der Waals surface area contributed by atoms with Gasteiger partial charge in [-0.2, -0.15) is 13.2 Å². The maximum atomic E-state index is 12.9. The summed E-state index contributed by atoms with van der Waals surface area (Å²) in [6, 6.07) is 5.53. The van der Waals surface area contributed by atoms with Gasteiger partial charge >= 0.3 is 12.1 Å². The van der Waals surface area contributed by atoms with E-state index in [1.807, 2.05) is 0 Å². The molecule has 1 aliphatic heterocycles. The van der Waals surface area contributed by atoms with Gasteiger partial charge in [0.25, 0.3) is 11.5 Å². The number of alkyl halides is 3. The molecule has 13 heteroatoms. The number of halogens is 4. The molecule has 1 aromatic heterocycles. The Labute approximate surface area is 185 Å². The summed E-state index contributed by atoms with van der Waals surface area (Å²) < 4.78 is 45.9. The number of amides is 1. The molecular weight excluding hydrogens is 452 g/mol. The van der Waals surface area contributed by atoms with Gasteiger partial charge < -0.3 is 20.8 Å². The molecule has 0 radical (unpaired) electrons. The number of carboxylic acids is 1. The molecule has 180 valence electrons. The minimum Gasteiger partial charge on any atom is -0.501 e. The van der Waals surface area contributed by atoms with Crippen LogP contribution in [0.25, 0.3) is 0 Å². The third-order valence-corrected chi connectivity index (χ3v) is 4.79. The van der Waals surface area contributed by atoms with Crippen LogP contribution < -0.4 is 16.2 Å². The van der Waals surface area contributed by atoms with Crippen molar-refractivity contribution in [1.82, 2.24) is 20.2 Å². The second kappa shape index (κ2) is 10.4. The van der Waals surface area contributed by atoms with E-state index in [1.54, 1.807) is 12.1 Å². The molecule has 1 aliphatic rings. The predicted octanol–water partition coefficient (Wildman–Crippen LogP) is 1.86. The van der Waals surface area contributed by atoms with Crippen molar-refractivity contribution in [3.63, 3.8) is 0 Å². The normalized spacial score (nSPS) is 17.8. The zero-order valence-corrected chi connectivity index (χ0v) is 17.6. The minimum absolute atomic E-state index is 0.128.